The van der Waals surface area contributed by atoms with E-state index in [0.29, 0.717) is 66.0 Å². The van der Waals surface area contributed by atoms with Gasteiger partial charge in [-0.25, -0.2) is 5.26 Å². The number of aromatic nitrogens is 6. The number of ether oxygens (including phenoxy) is 1. The van der Waals surface area contributed by atoms with Gasteiger partial charge in [0.05, 0.1) is 30.7 Å². The number of fused-ring (bicyclic) bond motifs is 1. The molecule has 0 aliphatic rings. The van der Waals surface area contributed by atoms with Gasteiger partial charge in [-0.3, -0.25) is 13.9 Å². The Kier molecular flexibility index (Phi) is 16.4. The highest BCUT2D eigenvalue weighted by atomic mass is 35.5. The number of methoxy groups -OCH3 is 1. The monoisotopic (exact) mass is 1020 g/mol. The van der Waals surface area contributed by atoms with Gasteiger partial charge in [-0.05, 0) is 83.5 Å². The summed E-state index contributed by atoms with van der Waals surface area (Å²) in [6, 6.07) is 13.7. The lowest BCUT2D eigenvalue weighted by atomic mass is 10.1. The number of rotatable bonds is 21. The Labute approximate surface area is 393 Å². The molecule has 67 heavy (non-hydrogen) atoms. The number of nitrogens with zero attached hydrogens (tertiary/aromatic N) is 9. The Morgan fingerprint density at radius 3 is 2.19 bits per heavy atom. The summed E-state index contributed by atoms with van der Waals surface area (Å²) in [7, 11) is -7.59. The molecule has 0 fully saturated rings. The van der Waals surface area contributed by atoms with Gasteiger partial charge in [-0.15, -0.1) is 14.6 Å². The van der Waals surface area contributed by atoms with Gasteiger partial charge in [-0.1, -0.05) is 11.1 Å². The third kappa shape index (κ3) is 13.0. The van der Waals surface area contributed by atoms with E-state index >= 15 is 0 Å². The first-order valence-corrected chi connectivity index (χ1v) is 23.1. The Bertz CT molecular complexity index is 3070. The molecular formula is C36H35Cl2N13O13S3. The number of aromatic hydroxyl groups is 1. The second kappa shape index (κ2) is 21.9. The minimum atomic E-state index is -5.09. The molecule has 31 heteroatoms. The van der Waals surface area contributed by atoms with Crippen molar-refractivity contribution in [2.24, 2.45) is 10.2 Å². The molecular weight excluding hydrogens is 990 g/mol. The summed E-state index contributed by atoms with van der Waals surface area (Å²) >= 11 is 12.8. The number of hydrogen-bond acceptors (Lipinski definition) is 24. The van der Waals surface area contributed by atoms with Crippen LogP contribution in [0.25, 0.3) is 10.8 Å². The molecule has 0 radical (unpaired) electrons. The van der Waals surface area contributed by atoms with Gasteiger partial charge >= 0.3 is 0 Å². The summed E-state index contributed by atoms with van der Waals surface area (Å²) in [5.74, 6) is -1.10. The SMILES string of the molecule is CNC(=O)c1cccc(Nc2nc(Cl)nc(N(CCO)CCCNc3nc(Cl)nc(Nc4ccc5c(O)c(N=Nc6cc(S(=O)(=O)O)c(OC)cc6S(=O)(=O)O)c(SOOO)cc5c4)n3)n2)c1. The van der Waals surface area contributed by atoms with Crippen LogP contribution in [-0.2, 0) is 29.6 Å². The van der Waals surface area contributed by atoms with E-state index in [4.69, 9.17) is 33.2 Å². The Balaban J connectivity index is 1.18. The largest absolute Gasteiger partial charge is 0.505 e. The second-order valence-corrected chi connectivity index (χ2v) is 17.4. The highest BCUT2D eigenvalue weighted by molar-refractivity contribution is 7.94. The number of phenolic OH excluding ortho intramolecular Hbond substituents is 1. The molecule has 6 rings (SSSR count). The van der Waals surface area contributed by atoms with Crippen molar-refractivity contribution in [3.63, 3.8) is 0 Å². The van der Waals surface area contributed by atoms with Crippen molar-refractivity contribution in [2.45, 2.75) is 21.1 Å². The van der Waals surface area contributed by atoms with Gasteiger partial charge < -0.3 is 41.1 Å². The number of aliphatic hydroxyl groups is 1. The van der Waals surface area contributed by atoms with Gasteiger partial charge in [-0.2, -0.15) is 46.7 Å². The maximum atomic E-state index is 12.2. The molecule has 6 aromatic rings. The van der Waals surface area contributed by atoms with Crippen LogP contribution in [0.15, 0.2) is 85.6 Å². The Morgan fingerprint density at radius 1 is 0.836 bits per heavy atom. The van der Waals surface area contributed by atoms with Crippen LogP contribution in [0, 0.1) is 0 Å². The number of aliphatic hydroxyl groups excluding tert-OH is 1. The number of carbonyl (C=O) groups is 1. The zero-order valence-corrected chi connectivity index (χ0v) is 38.3. The zero-order chi connectivity index (χ0) is 48.5. The molecule has 0 aliphatic carbocycles. The van der Waals surface area contributed by atoms with Crippen LogP contribution in [0.2, 0.25) is 10.6 Å². The van der Waals surface area contributed by atoms with Crippen molar-refractivity contribution in [1.29, 1.82) is 0 Å². The predicted molar refractivity (Wildman–Crippen MR) is 242 cm³/mol. The topological polar surface area (TPSA) is 368 Å². The molecule has 1 amide bonds. The van der Waals surface area contributed by atoms with Crippen molar-refractivity contribution in [1.82, 2.24) is 35.2 Å². The first kappa shape index (κ1) is 50.0. The number of anilines is 6. The Morgan fingerprint density at radius 2 is 1.52 bits per heavy atom. The van der Waals surface area contributed by atoms with E-state index in [1.165, 1.54) is 31.3 Å². The second-order valence-electron chi connectivity index (χ2n) is 13.2. The van der Waals surface area contributed by atoms with Gasteiger partial charge in [0, 0.05) is 55.1 Å². The third-order valence-corrected chi connectivity index (χ3v) is 11.6. The maximum Gasteiger partial charge on any atom is 0.298 e. The minimum Gasteiger partial charge on any atom is -0.505 e. The van der Waals surface area contributed by atoms with E-state index in [9.17, 15) is 40.9 Å². The number of phenols is 1. The van der Waals surface area contributed by atoms with Crippen molar-refractivity contribution in [3.05, 3.63) is 76.8 Å². The molecule has 354 valence electrons. The highest BCUT2D eigenvalue weighted by Gasteiger charge is 2.26. The number of azo groups is 1. The van der Waals surface area contributed by atoms with Crippen LogP contribution in [0.4, 0.5) is 46.5 Å². The summed E-state index contributed by atoms with van der Waals surface area (Å²) < 4.78 is 77.3. The fraction of sp³-hybridized carbons (Fsp3) is 0.194. The fourth-order valence-electron chi connectivity index (χ4n) is 5.99. The first-order chi connectivity index (χ1) is 31.9. The molecule has 0 atom stereocenters. The summed E-state index contributed by atoms with van der Waals surface area (Å²) in [5, 5.41) is 53.1. The number of hydrogen-bond donors (Lipinski definition) is 9. The minimum absolute atomic E-state index is 0.00382. The molecule has 0 unspecified atom stereocenters. The average molecular weight is 1020 g/mol. The lowest BCUT2D eigenvalue weighted by Crippen LogP contribution is -2.31. The van der Waals surface area contributed by atoms with Gasteiger partial charge in [0.1, 0.15) is 26.9 Å². The van der Waals surface area contributed by atoms with Crippen LogP contribution in [0.5, 0.6) is 11.5 Å². The number of carbonyl (C=O) groups excluding carboxylic acids is 1. The molecule has 0 saturated carbocycles. The molecule has 26 nitrogen and oxygen atoms in total. The number of amides is 1. The van der Waals surface area contributed by atoms with Gasteiger partial charge in [0.2, 0.25) is 34.4 Å². The quantitative estimate of drug-likeness (QED) is 0.0104. The number of benzene rings is 4. The lowest BCUT2D eigenvalue weighted by Gasteiger charge is -2.22. The molecule has 0 bridgehead atoms. The van der Waals surface area contributed by atoms with Crippen molar-refractivity contribution in [3.8, 4) is 11.5 Å². The van der Waals surface area contributed by atoms with Crippen LogP contribution < -0.4 is 30.9 Å². The lowest BCUT2D eigenvalue weighted by molar-refractivity contribution is -0.432. The van der Waals surface area contributed by atoms with Crippen molar-refractivity contribution >= 4 is 119 Å². The van der Waals surface area contributed by atoms with E-state index in [0.717, 1.165) is 7.11 Å². The molecule has 4 aromatic carbocycles. The van der Waals surface area contributed by atoms with E-state index in [1.807, 2.05) is 0 Å². The van der Waals surface area contributed by atoms with Crippen LogP contribution >= 0.6 is 35.2 Å². The predicted octanol–water partition coefficient (Wildman–Crippen LogP) is 5.72. The molecule has 9 N–H and O–H groups in total. The molecule has 0 saturated heterocycles. The van der Waals surface area contributed by atoms with Crippen LogP contribution in [0.1, 0.15) is 16.8 Å². The summed E-state index contributed by atoms with van der Waals surface area (Å²) in [6.45, 7) is 0.542. The number of halogens is 2. The molecule has 2 aromatic heterocycles. The number of nitrogens with one attached hydrogen (secondary N) is 4. The summed E-state index contributed by atoms with van der Waals surface area (Å²) in [5.41, 5.74) is 0.115. The molecule has 0 aliphatic heterocycles. The van der Waals surface area contributed by atoms with Gasteiger partial charge in [0.25, 0.3) is 26.1 Å². The third-order valence-electron chi connectivity index (χ3n) is 8.87. The van der Waals surface area contributed by atoms with E-state index in [-0.39, 0.29) is 63.7 Å². The summed E-state index contributed by atoms with van der Waals surface area (Å²) in [4.78, 5) is 37.2. The van der Waals surface area contributed by atoms with Crippen molar-refractivity contribution < 1.29 is 60.3 Å². The van der Waals surface area contributed by atoms with E-state index < -0.39 is 52.9 Å². The zero-order valence-electron chi connectivity index (χ0n) is 34.3. The summed E-state index contributed by atoms with van der Waals surface area (Å²) in [6.07, 6.45) is 0.445. The van der Waals surface area contributed by atoms with Crippen LogP contribution in [0.3, 0.4) is 0 Å². The average Bonchev–Trinajstić information content (AvgIpc) is 3.27. The van der Waals surface area contributed by atoms with Gasteiger partial charge in [0.15, 0.2) is 5.75 Å². The highest BCUT2D eigenvalue weighted by Crippen LogP contribution is 2.45. The van der Waals surface area contributed by atoms with E-state index in [2.05, 4.69) is 70.8 Å². The van der Waals surface area contributed by atoms with Crippen LogP contribution in [-0.4, -0.2) is 118 Å². The normalized spacial score (nSPS) is 11.8. The standard InChI is InChI=1S/C36H35Cl2N13O13S3/c1-39-30(54)18-5-3-6-20(13-18)41-35-45-32(38)46-36(48-35)51(11-12-52)10-4-9-40-33-43-31(37)44-34(47-33)42-21-7-8-22-19(14-21)15-25(65-64-63-55)28(29(22)53)50-49-23-16-27(67(59,60)61)24(62-2)17-26(23)66(56,57)58/h3,5-8,13-17,52-53,55H,4,9-12H2,1-2H3,(H,39,54)(H,56,57,58)(H,59,60,61)(H,41,45,46,48)(H2,40,42,43,44,47). The molecule has 2 heterocycles. The van der Waals surface area contributed by atoms with E-state index in [1.54, 1.807) is 29.2 Å². The fourth-order valence-corrected chi connectivity index (χ4v) is 8.08. The van der Waals surface area contributed by atoms with Crippen molar-refractivity contribution in [2.75, 3.05) is 61.2 Å². The smallest absolute Gasteiger partial charge is 0.298 e. The Hall–Kier alpha value is -6.38. The first-order valence-electron chi connectivity index (χ1n) is 18.7. The molecule has 0 spiro atoms. The maximum absolute atomic E-state index is 12.2.